The molecule has 2 aromatic carbocycles. The van der Waals surface area contributed by atoms with E-state index in [2.05, 4.69) is 80.7 Å². The number of fused-ring (bicyclic) bond motifs is 1. The summed E-state index contributed by atoms with van der Waals surface area (Å²) in [6.45, 7) is 8.82. The van der Waals surface area contributed by atoms with Gasteiger partial charge in [-0.15, -0.1) is 0 Å². The number of rotatable bonds is 7. The average Bonchev–Trinajstić information content (AvgIpc) is 2.68. The normalized spacial score (nSPS) is 19.7. The van der Waals surface area contributed by atoms with E-state index in [4.69, 9.17) is 4.74 Å². The maximum Gasteiger partial charge on any atom is 0.123 e. The van der Waals surface area contributed by atoms with Gasteiger partial charge in [0, 0.05) is 19.0 Å². The number of hydrogen-bond acceptors (Lipinski definition) is 2. The molecule has 25 heavy (non-hydrogen) atoms. The number of ether oxygens (including phenoxy) is 1. The van der Waals surface area contributed by atoms with Crippen molar-refractivity contribution in [3.63, 3.8) is 0 Å². The van der Waals surface area contributed by atoms with E-state index in [-0.39, 0.29) is 5.60 Å². The van der Waals surface area contributed by atoms with Gasteiger partial charge in [0.2, 0.25) is 0 Å². The Morgan fingerprint density at radius 1 is 1.04 bits per heavy atom. The second kappa shape index (κ2) is 8.05. The maximum atomic E-state index is 6.42. The quantitative estimate of drug-likeness (QED) is 0.720. The lowest BCUT2D eigenvalue weighted by molar-refractivity contribution is 0.0274. The van der Waals surface area contributed by atoms with Crippen LogP contribution in [0.1, 0.15) is 63.0 Å². The number of para-hydroxylation sites is 1. The molecule has 2 unspecified atom stereocenters. The molecule has 2 aromatic rings. The summed E-state index contributed by atoms with van der Waals surface area (Å²) in [6.07, 6.45) is 3.23. The molecular formula is C23H31NO. The van der Waals surface area contributed by atoms with E-state index in [0.29, 0.717) is 11.8 Å². The second-order valence-electron chi connectivity index (χ2n) is 7.40. The standard InChI is InChI=1S/C23H31NO/c1-4-23(5-2)15-20(21-13-9-10-14-22(21)25-23)17-24-16-18(3)19-11-7-6-8-12-19/h6-14,18,20,24H,4-5,15-17H2,1-3H3. The van der Waals surface area contributed by atoms with E-state index in [1.165, 1.54) is 11.1 Å². The van der Waals surface area contributed by atoms with Gasteiger partial charge in [-0.05, 0) is 42.4 Å². The first-order valence-corrected chi connectivity index (χ1v) is 9.71. The Morgan fingerprint density at radius 2 is 1.72 bits per heavy atom. The summed E-state index contributed by atoms with van der Waals surface area (Å²) in [5.41, 5.74) is 2.75. The molecule has 134 valence electrons. The van der Waals surface area contributed by atoms with Gasteiger partial charge >= 0.3 is 0 Å². The number of hydrogen-bond donors (Lipinski definition) is 1. The van der Waals surface area contributed by atoms with Gasteiger partial charge < -0.3 is 10.1 Å². The SMILES string of the molecule is CCC1(CC)CC(CNCC(C)c2ccccc2)c2ccccc2O1. The zero-order valence-corrected chi connectivity index (χ0v) is 15.8. The van der Waals surface area contributed by atoms with Gasteiger partial charge in [-0.25, -0.2) is 0 Å². The monoisotopic (exact) mass is 337 g/mol. The number of benzene rings is 2. The van der Waals surface area contributed by atoms with E-state index < -0.39 is 0 Å². The molecule has 0 fully saturated rings. The molecule has 0 aliphatic carbocycles. The van der Waals surface area contributed by atoms with Crippen LogP contribution in [0.3, 0.4) is 0 Å². The minimum atomic E-state index is -0.00819. The molecule has 0 spiro atoms. The van der Waals surface area contributed by atoms with Gasteiger partial charge in [-0.2, -0.15) is 0 Å². The molecule has 3 rings (SSSR count). The van der Waals surface area contributed by atoms with Crippen LogP contribution < -0.4 is 10.1 Å². The van der Waals surface area contributed by atoms with Crippen molar-refractivity contribution in [1.82, 2.24) is 5.32 Å². The minimum absolute atomic E-state index is 0.00819. The smallest absolute Gasteiger partial charge is 0.123 e. The van der Waals surface area contributed by atoms with Crippen molar-refractivity contribution in [1.29, 1.82) is 0 Å². The highest BCUT2D eigenvalue weighted by Crippen LogP contribution is 2.43. The third-order valence-corrected chi connectivity index (χ3v) is 5.80. The Kier molecular flexibility index (Phi) is 5.80. The van der Waals surface area contributed by atoms with Crippen LogP contribution >= 0.6 is 0 Å². The first kappa shape index (κ1) is 18.0. The highest BCUT2D eigenvalue weighted by molar-refractivity contribution is 5.39. The van der Waals surface area contributed by atoms with Crippen LogP contribution in [0, 0.1) is 0 Å². The first-order valence-electron chi connectivity index (χ1n) is 9.71. The van der Waals surface area contributed by atoms with E-state index in [1.54, 1.807) is 0 Å². The predicted octanol–water partition coefficient (Wildman–Crippen LogP) is 5.50. The Bertz CT molecular complexity index is 663. The van der Waals surface area contributed by atoms with Crippen molar-refractivity contribution in [2.45, 2.75) is 57.5 Å². The van der Waals surface area contributed by atoms with E-state index in [9.17, 15) is 0 Å². The van der Waals surface area contributed by atoms with Gasteiger partial charge in [0.1, 0.15) is 11.4 Å². The van der Waals surface area contributed by atoms with Crippen molar-refractivity contribution in [3.8, 4) is 5.75 Å². The second-order valence-corrected chi connectivity index (χ2v) is 7.40. The summed E-state index contributed by atoms with van der Waals surface area (Å²) < 4.78 is 6.42. The fourth-order valence-corrected chi connectivity index (χ4v) is 3.98. The van der Waals surface area contributed by atoms with Crippen LogP contribution in [-0.4, -0.2) is 18.7 Å². The summed E-state index contributed by atoms with van der Waals surface area (Å²) in [7, 11) is 0. The molecule has 1 aliphatic heterocycles. The fraction of sp³-hybridized carbons (Fsp3) is 0.478. The molecule has 1 N–H and O–H groups in total. The molecule has 0 bridgehead atoms. The van der Waals surface area contributed by atoms with Crippen molar-refractivity contribution in [3.05, 3.63) is 65.7 Å². The fourth-order valence-electron chi connectivity index (χ4n) is 3.98. The molecule has 1 heterocycles. The van der Waals surface area contributed by atoms with Crippen LogP contribution in [0.2, 0.25) is 0 Å². The van der Waals surface area contributed by atoms with Crippen LogP contribution in [0.15, 0.2) is 54.6 Å². The Balaban J connectivity index is 1.66. The summed E-state index contributed by atoms with van der Waals surface area (Å²) in [5, 5.41) is 3.72. The Hall–Kier alpha value is -1.80. The van der Waals surface area contributed by atoms with Crippen molar-refractivity contribution in [2.24, 2.45) is 0 Å². The zero-order chi connectivity index (χ0) is 17.7. The summed E-state index contributed by atoms with van der Waals surface area (Å²) in [4.78, 5) is 0. The highest BCUT2D eigenvalue weighted by atomic mass is 16.5. The summed E-state index contributed by atoms with van der Waals surface area (Å²) >= 11 is 0. The molecule has 1 aliphatic rings. The van der Waals surface area contributed by atoms with Crippen LogP contribution in [0.4, 0.5) is 0 Å². The molecule has 0 radical (unpaired) electrons. The third kappa shape index (κ3) is 4.07. The lowest BCUT2D eigenvalue weighted by atomic mass is 9.79. The third-order valence-electron chi connectivity index (χ3n) is 5.80. The van der Waals surface area contributed by atoms with Gasteiger partial charge in [-0.1, -0.05) is 69.3 Å². The molecular weight excluding hydrogens is 306 g/mol. The van der Waals surface area contributed by atoms with Crippen LogP contribution in [0.25, 0.3) is 0 Å². The zero-order valence-electron chi connectivity index (χ0n) is 15.8. The Morgan fingerprint density at radius 3 is 2.44 bits per heavy atom. The molecule has 0 saturated heterocycles. The van der Waals surface area contributed by atoms with Gasteiger partial charge in [0.05, 0.1) is 0 Å². The Labute approximate surface area is 152 Å². The molecule has 0 amide bonds. The maximum absolute atomic E-state index is 6.42. The van der Waals surface area contributed by atoms with Gasteiger partial charge in [0.15, 0.2) is 0 Å². The van der Waals surface area contributed by atoms with Crippen molar-refractivity contribution >= 4 is 0 Å². The molecule has 0 saturated carbocycles. The topological polar surface area (TPSA) is 21.3 Å². The van der Waals surface area contributed by atoms with Gasteiger partial charge in [0.25, 0.3) is 0 Å². The molecule has 2 nitrogen and oxygen atoms in total. The van der Waals surface area contributed by atoms with E-state index >= 15 is 0 Å². The lowest BCUT2D eigenvalue weighted by Gasteiger charge is -2.41. The number of nitrogens with one attached hydrogen (secondary N) is 1. The van der Waals surface area contributed by atoms with Crippen molar-refractivity contribution in [2.75, 3.05) is 13.1 Å². The largest absolute Gasteiger partial charge is 0.487 e. The van der Waals surface area contributed by atoms with Crippen LogP contribution in [0.5, 0.6) is 5.75 Å². The van der Waals surface area contributed by atoms with Crippen molar-refractivity contribution < 1.29 is 4.74 Å². The molecule has 0 aromatic heterocycles. The summed E-state index contributed by atoms with van der Waals surface area (Å²) in [5.74, 6) is 2.13. The van der Waals surface area contributed by atoms with Crippen LogP contribution in [-0.2, 0) is 0 Å². The highest BCUT2D eigenvalue weighted by Gasteiger charge is 2.37. The average molecular weight is 338 g/mol. The lowest BCUT2D eigenvalue weighted by Crippen LogP contribution is -2.42. The van der Waals surface area contributed by atoms with Gasteiger partial charge in [-0.3, -0.25) is 0 Å². The summed E-state index contributed by atoms with van der Waals surface area (Å²) in [6, 6.07) is 19.3. The molecule has 2 heteroatoms. The van der Waals surface area contributed by atoms with E-state index in [0.717, 1.165) is 38.1 Å². The molecule has 2 atom stereocenters. The van der Waals surface area contributed by atoms with E-state index in [1.807, 2.05) is 0 Å². The predicted molar refractivity (Wildman–Crippen MR) is 105 cm³/mol. The minimum Gasteiger partial charge on any atom is -0.487 e. The first-order chi connectivity index (χ1) is 12.2.